The molecule has 0 aliphatic heterocycles. The Kier molecular flexibility index (Phi) is 8.54. The van der Waals surface area contributed by atoms with Crippen molar-refractivity contribution in [2.24, 2.45) is 10.9 Å². The normalized spacial score (nSPS) is 13.7. The average Bonchev–Trinajstić information content (AvgIpc) is 2.51. The first kappa shape index (κ1) is 21.1. The summed E-state index contributed by atoms with van der Waals surface area (Å²) < 4.78 is 40.3. The first-order chi connectivity index (χ1) is 11.7. The van der Waals surface area contributed by atoms with Gasteiger partial charge in [0.1, 0.15) is 5.75 Å². The van der Waals surface area contributed by atoms with E-state index in [1.165, 1.54) is 12.1 Å². The lowest BCUT2D eigenvalue weighted by atomic mass is 10.0. The fraction of sp³-hybridized carbons (Fsp3) is 0.588. The molecule has 1 aromatic rings. The van der Waals surface area contributed by atoms with Gasteiger partial charge in [-0.15, -0.1) is 13.2 Å². The summed E-state index contributed by atoms with van der Waals surface area (Å²) >= 11 is 0. The largest absolute Gasteiger partial charge is 0.573 e. The number of aliphatic hydroxyl groups is 1. The number of alkyl halides is 3. The minimum Gasteiger partial charge on any atom is -0.406 e. The Balaban J connectivity index is 2.65. The molecular weight excluding hydrogens is 335 g/mol. The van der Waals surface area contributed by atoms with E-state index >= 15 is 0 Å². The first-order valence-electron chi connectivity index (χ1n) is 8.23. The molecule has 3 N–H and O–H groups in total. The fourth-order valence-corrected chi connectivity index (χ4v) is 2.16. The number of benzene rings is 1. The van der Waals surface area contributed by atoms with Gasteiger partial charge >= 0.3 is 6.36 Å². The molecule has 1 rings (SSSR count). The Morgan fingerprint density at radius 3 is 2.36 bits per heavy atom. The highest BCUT2D eigenvalue weighted by Crippen LogP contribution is 2.23. The predicted octanol–water partition coefficient (Wildman–Crippen LogP) is 2.70. The third-order valence-electron chi connectivity index (χ3n) is 3.22. The molecule has 1 atom stereocenters. The minimum absolute atomic E-state index is 0.0641. The smallest absolute Gasteiger partial charge is 0.406 e. The first-order valence-corrected chi connectivity index (χ1v) is 8.23. The number of aliphatic imine (C=N–C) groups is 1. The van der Waals surface area contributed by atoms with Crippen LogP contribution in [-0.2, 0) is 6.42 Å². The lowest BCUT2D eigenvalue weighted by Crippen LogP contribution is -2.41. The van der Waals surface area contributed by atoms with E-state index in [9.17, 15) is 18.3 Å². The van der Waals surface area contributed by atoms with Crippen LogP contribution in [0.2, 0.25) is 0 Å². The number of rotatable bonds is 8. The van der Waals surface area contributed by atoms with E-state index in [0.717, 1.165) is 12.1 Å². The van der Waals surface area contributed by atoms with Crippen molar-refractivity contribution in [1.29, 1.82) is 0 Å². The Bertz CT molecular complexity index is 531. The van der Waals surface area contributed by atoms with E-state index in [2.05, 4.69) is 20.4 Å². The van der Waals surface area contributed by atoms with Crippen molar-refractivity contribution in [2.45, 2.75) is 39.6 Å². The van der Waals surface area contributed by atoms with E-state index in [4.69, 9.17) is 0 Å². The van der Waals surface area contributed by atoms with Crippen LogP contribution < -0.4 is 15.4 Å². The Morgan fingerprint density at radius 1 is 1.24 bits per heavy atom. The number of nitrogens with one attached hydrogen (secondary N) is 2. The Morgan fingerprint density at radius 2 is 1.88 bits per heavy atom. The summed E-state index contributed by atoms with van der Waals surface area (Å²) in [7, 11) is 0. The average molecular weight is 361 g/mol. The molecule has 0 aliphatic carbocycles. The van der Waals surface area contributed by atoms with Crippen molar-refractivity contribution < 1.29 is 23.0 Å². The van der Waals surface area contributed by atoms with Crippen molar-refractivity contribution in [2.75, 3.05) is 19.7 Å². The van der Waals surface area contributed by atoms with Crippen LogP contribution in [0.3, 0.4) is 0 Å². The van der Waals surface area contributed by atoms with Gasteiger partial charge in [-0.1, -0.05) is 12.1 Å². The quantitative estimate of drug-likeness (QED) is 0.492. The van der Waals surface area contributed by atoms with Gasteiger partial charge in [-0.05, 0) is 44.9 Å². The van der Waals surface area contributed by atoms with Gasteiger partial charge < -0.3 is 20.5 Å². The standard InChI is InChI=1S/C17H26F3N3O2/c1-4-21-16(23-12(2)3)22-10-14(11-24)9-13-5-7-15(8-6-13)25-17(18,19)20/h5-8,12,14,24H,4,9-11H2,1-3H3,(H2,21,22,23). The summed E-state index contributed by atoms with van der Waals surface area (Å²) in [4.78, 5) is 4.45. The van der Waals surface area contributed by atoms with Gasteiger partial charge in [0.25, 0.3) is 0 Å². The molecule has 0 aliphatic rings. The molecule has 0 bridgehead atoms. The van der Waals surface area contributed by atoms with Crippen LogP contribution in [0.4, 0.5) is 13.2 Å². The maximum Gasteiger partial charge on any atom is 0.573 e. The van der Waals surface area contributed by atoms with E-state index in [-0.39, 0.29) is 24.3 Å². The van der Waals surface area contributed by atoms with E-state index < -0.39 is 6.36 Å². The van der Waals surface area contributed by atoms with Crippen molar-refractivity contribution >= 4 is 5.96 Å². The van der Waals surface area contributed by atoms with E-state index in [1.807, 2.05) is 20.8 Å². The van der Waals surface area contributed by atoms with Crippen LogP contribution in [0.15, 0.2) is 29.3 Å². The number of aliphatic hydroxyl groups excluding tert-OH is 1. The molecule has 25 heavy (non-hydrogen) atoms. The van der Waals surface area contributed by atoms with Gasteiger partial charge in [-0.25, -0.2) is 0 Å². The van der Waals surface area contributed by atoms with Crippen LogP contribution in [0, 0.1) is 5.92 Å². The van der Waals surface area contributed by atoms with Gasteiger partial charge in [0.2, 0.25) is 0 Å². The summed E-state index contributed by atoms with van der Waals surface area (Å²) in [5.74, 6) is 0.285. The lowest BCUT2D eigenvalue weighted by Gasteiger charge is -2.17. The fourth-order valence-electron chi connectivity index (χ4n) is 2.16. The third kappa shape index (κ3) is 9.19. The topological polar surface area (TPSA) is 65.9 Å². The summed E-state index contributed by atoms with van der Waals surface area (Å²) in [5.41, 5.74) is 0.811. The highest BCUT2D eigenvalue weighted by molar-refractivity contribution is 5.79. The molecular formula is C17H26F3N3O2. The van der Waals surface area contributed by atoms with Crippen molar-refractivity contribution in [3.05, 3.63) is 29.8 Å². The molecule has 0 saturated carbocycles. The molecule has 0 amide bonds. The molecule has 0 aromatic heterocycles. The van der Waals surface area contributed by atoms with Crippen LogP contribution in [0.25, 0.3) is 0 Å². The molecule has 0 radical (unpaired) electrons. The summed E-state index contributed by atoms with van der Waals surface area (Å²) in [6, 6.07) is 5.89. The monoisotopic (exact) mass is 361 g/mol. The third-order valence-corrected chi connectivity index (χ3v) is 3.22. The highest BCUT2D eigenvalue weighted by Gasteiger charge is 2.30. The summed E-state index contributed by atoms with van der Waals surface area (Å²) in [6.07, 6.45) is -4.19. The molecule has 5 nitrogen and oxygen atoms in total. The number of halogens is 3. The zero-order valence-electron chi connectivity index (χ0n) is 14.7. The lowest BCUT2D eigenvalue weighted by molar-refractivity contribution is -0.274. The van der Waals surface area contributed by atoms with Crippen molar-refractivity contribution in [3.63, 3.8) is 0 Å². The summed E-state index contributed by atoms with van der Waals surface area (Å²) in [5, 5.41) is 15.8. The zero-order chi connectivity index (χ0) is 18.9. The van der Waals surface area contributed by atoms with Gasteiger partial charge in [0.15, 0.2) is 5.96 Å². The minimum atomic E-state index is -4.70. The van der Waals surface area contributed by atoms with Gasteiger partial charge in [0.05, 0.1) is 0 Å². The van der Waals surface area contributed by atoms with Crippen LogP contribution in [0.5, 0.6) is 5.75 Å². The molecule has 0 fully saturated rings. The second kappa shape index (κ2) is 10.1. The molecule has 8 heteroatoms. The molecule has 1 unspecified atom stereocenters. The van der Waals surface area contributed by atoms with Crippen LogP contribution in [-0.4, -0.2) is 43.2 Å². The second-order valence-electron chi connectivity index (χ2n) is 5.96. The van der Waals surface area contributed by atoms with Crippen LogP contribution >= 0.6 is 0 Å². The molecule has 0 saturated heterocycles. The molecule has 0 spiro atoms. The Labute approximate surface area is 146 Å². The highest BCUT2D eigenvalue weighted by atomic mass is 19.4. The van der Waals surface area contributed by atoms with Gasteiger partial charge in [-0.3, -0.25) is 4.99 Å². The van der Waals surface area contributed by atoms with Crippen molar-refractivity contribution in [1.82, 2.24) is 10.6 Å². The zero-order valence-corrected chi connectivity index (χ0v) is 14.7. The van der Waals surface area contributed by atoms with Gasteiger partial charge in [-0.2, -0.15) is 0 Å². The number of hydrogen-bond donors (Lipinski definition) is 3. The predicted molar refractivity (Wildman–Crippen MR) is 91.7 cm³/mol. The number of guanidine groups is 1. The molecule has 142 valence electrons. The number of ether oxygens (including phenoxy) is 1. The number of hydrogen-bond acceptors (Lipinski definition) is 3. The van der Waals surface area contributed by atoms with Gasteiger partial charge in [0, 0.05) is 31.7 Å². The van der Waals surface area contributed by atoms with E-state index in [0.29, 0.717) is 18.9 Å². The maximum absolute atomic E-state index is 12.2. The molecule has 1 aromatic carbocycles. The number of nitrogens with zero attached hydrogens (tertiary/aromatic N) is 1. The second-order valence-corrected chi connectivity index (χ2v) is 5.96. The maximum atomic E-state index is 12.2. The van der Waals surface area contributed by atoms with Crippen LogP contribution in [0.1, 0.15) is 26.3 Å². The van der Waals surface area contributed by atoms with E-state index in [1.54, 1.807) is 12.1 Å². The SMILES string of the molecule is CCNC(=NCC(CO)Cc1ccc(OC(F)(F)F)cc1)NC(C)C. The van der Waals surface area contributed by atoms with Crippen molar-refractivity contribution in [3.8, 4) is 5.75 Å². The Hall–Kier alpha value is -1.96. The molecule has 0 heterocycles. The summed E-state index contributed by atoms with van der Waals surface area (Å²) in [6.45, 7) is 7.03.